The van der Waals surface area contributed by atoms with Gasteiger partial charge in [0.05, 0.1) is 23.5 Å². The third-order valence-electron chi connectivity index (χ3n) is 5.13. The molecule has 1 unspecified atom stereocenters. The maximum absolute atomic E-state index is 13.3. The van der Waals surface area contributed by atoms with Gasteiger partial charge < -0.3 is 5.32 Å². The quantitative estimate of drug-likeness (QED) is 0.375. The Morgan fingerprint density at radius 1 is 1.00 bits per heavy atom. The molecule has 0 spiro atoms. The number of para-hydroxylation sites is 1. The fourth-order valence-corrected chi connectivity index (χ4v) is 4.20. The van der Waals surface area contributed by atoms with E-state index < -0.39 is 10.0 Å². The SMILES string of the molecule is CC(NC(=O)c1cn(-c2ccccc2)nc1-c1ccc(Cl)cc1)c1cccc(NS(C)(=O)=O)c1. The number of sulfonamides is 1. The summed E-state index contributed by atoms with van der Waals surface area (Å²) in [6.07, 6.45) is 2.79. The van der Waals surface area contributed by atoms with Crippen LogP contribution in [-0.2, 0) is 10.0 Å². The summed E-state index contributed by atoms with van der Waals surface area (Å²) in [6, 6.07) is 23.2. The van der Waals surface area contributed by atoms with Gasteiger partial charge in [-0.3, -0.25) is 9.52 Å². The van der Waals surface area contributed by atoms with Gasteiger partial charge in [0, 0.05) is 22.5 Å². The van der Waals surface area contributed by atoms with Crippen LogP contribution in [0.4, 0.5) is 5.69 Å². The van der Waals surface area contributed by atoms with Gasteiger partial charge in [-0.1, -0.05) is 54.1 Å². The molecule has 0 saturated heterocycles. The summed E-state index contributed by atoms with van der Waals surface area (Å²) in [4.78, 5) is 13.3. The van der Waals surface area contributed by atoms with Crippen LogP contribution in [0, 0.1) is 0 Å². The van der Waals surface area contributed by atoms with Crippen molar-refractivity contribution in [2.24, 2.45) is 0 Å². The molecule has 0 aliphatic carbocycles. The number of carbonyl (C=O) groups is 1. The van der Waals surface area contributed by atoms with Crippen molar-refractivity contribution in [1.29, 1.82) is 0 Å². The second kappa shape index (κ2) is 9.70. The van der Waals surface area contributed by atoms with Crippen LogP contribution in [0.15, 0.2) is 85.1 Å². The molecular weight excluding hydrogens is 472 g/mol. The molecule has 3 aromatic carbocycles. The molecule has 1 atom stereocenters. The molecule has 174 valence electrons. The molecule has 1 amide bonds. The lowest BCUT2D eigenvalue weighted by molar-refractivity contribution is 0.0940. The predicted octanol–water partition coefficient (Wildman–Crippen LogP) is 5.06. The van der Waals surface area contributed by atoms with E-state index in [4.69, 9.17) is 11.6 Å². The summed E-state index contributed by atoms with van der Waals surface area (Å²) >= 11 is 6.04. The lowest BCUT2D eigenvalue weighted by atomic mass is 10.1. The topological polar surface area (TPSA) is 93.1 Å². The molecule has 0 fully saturated rings. The zero-order chi connectivity index (χ0) is 24.3. The highest BCUT2D eigenvalue weighted by molar-refractivity contribution is 7.92. The fourth-order valence-electron chi connectivity index (χ4n) is 3.52. The number of carbonyl (C=O) groups excluding carboxylic acids is 1. The molecule has 0 radical (unpaired) electrons. The zero-order valence-electron chi connectivity index (χ0n) is 18.6. The molecule has 0 aliphatic rings. The van der Waals surface area contributed by atoms with E-state index in [1.54, 1.807) is 41.2 Å². The van der Waals surface area contributed by atoms with E-state index in [0.29, 0.717) is 22.0 Å². The smallest absolute Gasteiger partial charge is 0.255 e. The summed E-state index contributed by atoms with van der Waals surface area (Å²) in [7, 11) is -3.41. The minimum atomic E-state index is -3.41. The minimum Gasteiger partial charge on any atom is -0.345 e. The van der Waals surface area contributed by atoms with Crippen LogP contribution in [0.2, 0.25) is 5.02 Å². The second-order valence-corrected chi connectivity index (χ2v) is 10.1. The van der Waals surface area contributed by atoms with Crippen molar-refractivity contribution in [3.63, 3.8) is 0 Å². The summed E-state index contributed by atoms with van der Waals surface area (Å²) in [5.41, 5.74) is 3.70. The average molecular weight is 495 g/mol. The molecule has 0 saturated carbocycles. The number of hydrogen-bond acceptors (Lipinski definition) is 4. The van der Waals surface area contributed by atoms with Crippen LogP contribution in [0.1, 0.15) is 28.9 Å². The molecule has 1 heterocycles. The molecule has 0 bridgehead atoms. The Kier molecular flexibility index (Phi) is 6.72. The Morgan fingerprint density at radius 3 is 2.38 bits per heavy atom. The van der Waals surface area contributed by atoms with E-state index >= 15 is 0 Å². The maximum Gasteiger partial charge on any atom is 0.255 e. The van der Waals surface area contributed by atoms with Crippen molar-refractivity contribution in [2.45, 2.75) is 13.0 Å². The zero-order valence-corrected chi connectivity index (χ0v) is 20.1. The summed E-state index contributed by atoms with van der Waals surface area (Å²) in [5.74, 6) is -0.305. The third-order valence-corrected chi connectivity index (χ3v) is 5.99. The number of rotatable bonds is 7. The van der Waals surface area contributed by atoms with Crippen molar-refractivity contribution < 1.29 is 13.2 Å². The fraction of sp³-hybridized carbons (Fsp3) is 0.120. The molecule has 7 nitrogen and oxygen atoms in total. The van der Waals surface area contributed by atoms with Gasteiger partial charge in [-0.15, -0.1) is 0 Å². The molecule has 9 heteroatoms. The molecule has 0 aliphatic heterocycles. The Morgan fingerprint density at radius 2 is 1.71 bits per heavy atom. The van der Waals surface area contributed by atoms with Gasteiger partial charge in [-0.05, 0) is 48.9 Å². The van der Waals surface area contributed by atoms with Crippen LogP contribution < -0.4 is 10.0 Å². The van der Waals surface area contributed by atoms with Gasteiger partial charge in [-0.2, -0.15) is 5.10 Å². The first-order chi connectivity index (χ1) is 16.2. The number of benzene rings is 3. The Hall–Kier alpha value is -3.62. The standard InChI is InChI=1S/C25H23ClN4O3S/c1-17(19-7-6-8-21(15-19)29-34(2,32)33)27-25(31)23-16-30(22-9-4-3-5-10-22)28-24(23)18-11-13-20(26)14-12-18/h3-17,29H,1-2H3,(H,27,31). The molecule has 1 aromatic heterocycles. The number of anilines is 1. The molecule has 4 aromatic rings. The first kappa shape index (κ1) is 23.5. The van der Waals surface area contributed by atoms with Gasteiger partial charge in [0.2, 0.25) is 10.0 Å². The lowest BCUT2D eigenvalue weighted by Gasteiger charge is -2.15. The second-order valence-electron chi connectivity index (χ2n) is 7.87. The van der Waals surface area contributed by atoms with Crippen LogP contribution in [0.5, 0.6) is 0 Å². The van der Waals surface area contributed by atoms with Gasteiger partial charge >= 0.3 is 0 Å². The number of nitrogens with zero attached hydrogens (tertiary/aromatic N) is 2. The van der Waals surface area contributed by atoms with E-state index in [2.05, 4.69) is 15.1 Å². The normalized spacial score (nSPS) is 12.2. The van der Waals surface area contributed by atoms with Crippen LogP contribution in [0.3, 0.4) is 0 Å². The van der Waals surface area contributed by atoms with Gasteiger partial charge in [0.25, 0.3) is 5.91 Å². The number of nitrogens with one attached hydrogen (secondary N) is 2. The van der Waals surface area contributed by atoms with Crippen molar-refractivity contribution in [3.05, 3.63) is 101 Å². The average Bonchev–Trinajstić information content (AvgIpc) is 3.25. The minimum absolute atomic E-state index is 0.305. The first-order valence-electron chi connectivity index (χ1n) is 10.5. The van der Waals surface area contributed by atoms with Crippen molar-refractivity contribution in [3.8, 4) is 16.9 Å². The van der Waals surface area contributed by atoms with Gasteiger partial charge in [-0.25, -0.2) is 13.1 Å². The van der Waals surface area contributed by atoms with Crippen LogP contribution in [0.25, 0.3) is 16.9 Å². The first-order valence-corrected chi connectivity index (χ1v) is 12.8. The van der Waals surface area contributed by atoms with Crippen LogP contribution in [-0.4, -0.2) is 30.4 Å². The van der Waals surface area contributed by atoms with E-state index in [9.17, 15) is 13.2 Å². The van der Waals surface area contributed by atoms with E-state index in [1.807, 2.05) is 55.5 Å². The molecular formula is C25H23ClN4O3S. The Labute approximate surface area is 203 Å². The monoisotopic (exact) mass is 494 g/mol. The molecule has 34 heavy (non-hydrogen) atoms. The number of aromatic nitrogens is 2. The highest BCUT2D eigenvalue weighted by atomic mass is 35.5. The third kappa shape index (κ3) is 5.65. The molecule has 2 N–H and O–H groups in total. The van der Waals surface area contributed by atoms with Crippen molar-refractivity contribution in [1.82, 2.24) is 15.1 Å². The van der Waals surface area contributed by atoms with E-state index in [0.717, 1.165) is 23.1 Å². The summed E-state index contributed by atoms with van der Waals surface area (Å²) in [6.45, 7) is 1.83. The maximum atomic E-state index is 13.3. The van der Waals surface area contributed by atoms with Gasteiger partial charge in [0.15, 0.2) is 0 Å². The summed E-state index contributed by atoms with van der Waals surface area (Å²) in [5, 5.41) is 8.26. The van der Waals surface area contributed by atoms with Gasteiger partial charge in [0.1, 0.15) is 5.69 Å². The van der Waals surface area contributed by atoms with Crippen molar-refractivity contribution in [2.75, 3.05) is 11.0 Å². The largest absolute Gasteiger partial charge is 0.345 e. The van der Waals surface area contributed by atoms with Crippen molar-refractivity contribution >= 4 is 33.2 Å². The number of halogens is 1. The number of amides is 1. The molecule has 4 rings (SSSR count). The lowest BCUT2D eigenvalue weighted by Crippen LogP contribution is -2.27. The Balaban J connectivity index is 1.65. The van der Waals surface area contributed by atoms with Crippen LogP contribution >= 0.6 is 11.6 Å². The van der Waals surface area contributed by atoms with E-state index in [1.165, 1.54) is 0 Å². The summed E-state index contributed by atoms with van der Waals surface area (Å²) < 4.78 is 27.2. The Bertz CT molecular complexity index is 1420. The highest BCUT2D eigenvalue weighted by Crippen LogP contribution is 2.26. The highest BCUT2D eigenvalue weighted by Gasteiger charge is 2.21. The number of hydrogen-bond donors (Lipinski definition) is 2. The predicted molar refractivity (Wildman–Crippen MR) is 135 cm³/mol. The van der Waals surface area contributed by atoms with E-state index in [-0.39, 0.29) is 11.9 Å².